The molecule has 27 heavy (non-hydrogen) atoms. The van der Waals surface area contributed by atoms with Gasteiger partial charge in [-0.3, -0.25) is 9.80 Å². The van der Waals surface area contributed by atoms with Crippen LogP contribution in [0.3, 0.4) is 0 Å². The lowest BCUT2D eigenvalue weighted by Gasteiger charge is -2.42. The predicted molar refractivity (Wildman–Crippen MR) is 105 cm³/mol. The number of para-hydroxylation sites is 1. The fourth-order valence-corrected chi connectivity index (χ4v) is 3.81. The monoisotopic (exact) mass is 358 g/mol. The minimum Gasteiger partial charge on any atom is -0.322 e. The summed E-state index contributed by atoms with van der Waals surface area (Å²) in [6.45, 7) is 0. The molecule has 1 unspecified atom stereocenters. The van der Waals surface area contributed by atoms with Gasteiger partial charge in [-0.2, -0.15) is 10.4 Å². The minimum atomic E-state index is -0.665. The Kier molecular flexibility index (Phi) is 4.41. The lowest BCUT2D eigenvalue weighted by Crippen LogP contribution is -2.55. The van der Waals surface area contributed by atoms with Crippen molar-refractivity contribution in [2.45, 2.75) is 37.3 Å². The molecule has 0 radical (unpaired) electrons. The Morgan fingerprint density at radius 1 is 1.15 bits per heavy atom. The molecule has 1 aliphatic heterocycles. The maximum atomic E-state index is 13.1. The highest BCUT2D eigenvalue weighted by Gasteiger charge is 2.45. The molecule has 1 heterocycles. The summed E-state index contributed by atoms with van der Waals surface area (Å²) in [6.07, 6.45) is 3.00. The molecule has 5 nitrogen and oxygen atoms in total. The van der Waals surface area contributed by atoms with Crippen LogP contribution in [0.15, 0.2) is 65.8 Å². The summed E-state index contributed by atoms with van der Waals surface area (Å²) in [6, 6.07) is 22.3. The van der Waals surface area contributed by atoms with E-state index in [1.807, 2.05) is 53.5 Å². The third-order valence-corrected chi connectivity index (χ3v) is 5.70. The predicted octanol–water partition coefficient (Wildman–Crippen LogP) is 3.90. The second-order valence-electron chi connectivity index (χ2n) is 7.22. The van der Waals surface area contributed by atoms with Crippen molar-refractivity contribution >= 4 is 17.3 Å². The zero-order valence-corrected chi connectivity index (χ0v) is 15.4. The molecular formula is C22H22N4O. The van der Waals surface area contributed by atoms with Gasteiger partial charge in [0, 0.05) is 13.5 Å². The molecular weight excluding hydrogens is 336 g/mol. The van der Waals surface area contributed by atoms with Crippen molar-refractivity contribution in [2.24, 2.45) is 5.10 Å². The maximum absolute atomic E-state index is 13.1. The zero-order chi connectivity index (χ0) is 18.9. The molecule has 1 saturated carbocycles. The van der Waals surface area contributed by atoms with E-state index in [0.29, 0.717) is 12.1 Å². The quantitative estimate of drug-likeness (QED) is 0.833. The molecule has 0 bridgehead atoms. The Balaban J connectivity index is 1.66. The summed E-state index contributed by atoms with van der Waals surface area (Å²) in [5, 5.41) is 16.2. The first-order chi connectivity index (χ1) is 13.1. The van der Waals surface area contributed by atoms with Gasteiger partial charge >= 0.3 is 0 Å². The van der Waals surface area contributed by atoms with Crippen LogP contribution < -0.4 is 5.01 Å². The molecule has 2 aromatic carbocycles. The van der Waals surface area contributed by atoms with E-state index in [9.17, 15) is 10.1 Å². The van der Waals surface area contributed by atoms with Gasteiger partial charge in [-0.1, -0.05) is 48.5 Å². The van der Waals surface area contributed by atoms with Crippen molar-refractivity contribution in [3.05, 3.63) is 66.2 Å². The molecule has 1 fully saturated rings. The average molecular weight is 358 g/mol. The summed E-state index contributed by atoms with van der Waals surface area (Å²) >= 11 is 0. The Labute approximate surface area is 159 Å². The molecule has 0 spiro atoms. The van der Waals surface area contributed by atoms with E-state index < -0.39 is 5.54 Å². The summed E-state index contributed by atoms with van der Waals surface area (Å²) in [7, 11) is 1.73. The molecule has 0 saturated heterocycles. The van der Waals surface area contributed by atoms with Gasteiger partial charge in [0.2, 0.25) is 0 Å². The first-order valence-corrected chi connectivity index (χ1v) is 9.31. The topological polar surface area (TPSA) is 59.7 Å². The Hall–Kier alpha value is -3.13. The summed E-state index contributed by atoms with van der Waals surface area (Å²) in [5.41, 5.74) is 1.92. The number of hydrogen-bond acceptors (Lipinski definition) is 4. The van der Waals surface area contributed by atoms with Crippen LogP contribution in [0.5, 0.6) is 0 Å². The van der Waals surface area contributed by atoms with Crippen LogP contribution in [0.1, 0.15) is 37.3 Å². The lowest BCUT2D eigenvalue weighted by atomic mass is 9.76. The molecule has 1 atom stereocenters. The van der Waals surface area contributed by atoms with Crippen molar-refractivity contribution in [1.82, 2.24) is 4.90 Å². The second-order valence-corrected chi connectivity index (χ2v) is 7.22. The number of amides is 1. The third kappa shape index (κ3) is 2.97. The van der Waals surface area contributed by atoms with Crippen molar-refractivity contribution in [3.8, 4) is 6.07 Å². The summed E-state index contributed by atoms with van der Waals surface area (Å²) < 4.78 is 0. The van der Waals surface area contributed by atoms with E-state index >= 15 is 0 Å². The van der Waals surface area contributed by atoms with Crippen molar-refractivity contribution in [1.29, 1.82) is 5.26 Å². The molecule has 4 rings (SSSR count). The van der Waals surface area contributed by atoms with Crippen LogP contribution in [0.25, 0.3) is 0 Å². The number of nitrogens with zero attached hydrogens (tertiary/aromatic N) is 4. The number of benzene rings is 2. The molecule has 136 valence electrons. The molecule has 5 heteroatoms. The Bertz CT molecular complexity index is 897. The molecule has 0 N–H and O–H groups in total. The third-order valence-electron chi connectivity index (χ3n) is 5.70. The highest BCUT2D eigenvalue weighted by Crippen LogP contribution is 2.39. The van der Waals surface area contributed by atoms with Crippen molar-refractivity contribution in [2.75, 3.05) is 12.1 Å². The van der Waals surface area contributed by atoms with Gasteiger partial charge in [0.25, 0.3) is 5.91 Å². The summed E-state index contributed by atoms with van der Waals surface area (Å²) in [4.78, 5) is 14.7. The molecule has 2 aliphatic rings. The number of carbonyl (C=O) groups excluding carboxylic acids is 1. The Morgan fingerprint density at radius 2 is 1.78 bits per heavy atom. The largest absolute Gasteiger partial charge is 0.322 e. The highest BCUT2D eigenvalue weighted by atomic mass is 16.2. The maximum Gasteiger partial charge on any atom is 0.271 e. The van der Waals surface area contributed by atoms with E-state index in [-0.39, 0.29) is 11.9 Å². The van der Waals surface area contributed by atoms with Gasteiger partial charge in [-0.15, -0.1) is 0 Å². The van der Waals surface area contributed by atoms with Crippen LogP contribution in [0, 0.1) is 11.3 Å². The number of carbonyl (C=O) groups is 1. The zero-order valence-electron chi connectivity index (χ0n) is 15.4. The number of hydrogen-bond donors (Lipinski definition) is 0. The smallest absolute Gasteiger partial charge is 0.271 e. The highest BCUT2D eigenvalue weighted by molar-refractivity contribution is 6.39. The minimum absolute atomic E-state index is 0.0274. The Morgan fingerprint density at radius 3 is 2.33 bits per heavy atom. The molecule has 1 aliphatic carbocycles. The fraction of sp³-hybridized carbons (Fsp3) is 0.318. The van der Waals surface area contributed by atoms with E-state index in [1.54, 1.807) is 11.9 Å². The van der Waals surface area contributed by atoms with E-state index in [1.165, 1.54) is 0 Å². The van der Waals surface area contributed by atoms with Crippen molar-refractivity contribution in [3.63, 3.8) is 0 Å². The van der Waals surface area contributed by atoms with Gasteiger partial charge < -0.3 is 4.90 Å². The normalized spacial score (nSPS) is 20.4. The van der Waals surface area contributed by atoms with Gasteiger partial charge in [0.05, 0.1) is 17.8 Å². The molecule has 0 aromatic heterocycles. The number of anilines is 1. The van der Waals surface area contributed by atoms with Gasteiger partial charge in [-0.25, -0.2) is 0 Å². The van der Waals surface area contributed by atoms with Gasteiger partial charge in [0.15, 0.2) is 0 Å². The van der Waals surface area contributed by atoms with E-state index in [2.05, 4.69) is 18.2 Å². The standard InChI is InChI=1S/C22H22N4O/c1-25(22(16-23)13-8-14-22)21(27)19-15-20(17-9-4-2-5-10-17)26(24-19)18-11-6-3-7-12-18/h2-7,9-12,20H,8,13-15H2,1H3. The SMILES string of the molecule is CN(C(=O)C1=NN(c2ccccc2)C(c2ccccc2)C1)C1(C#N)CCC1. The first kappa shape index (κ1) is 17.3. The summed E-state index contributed by atoms with van der Waals surface area (Å²) in [5.74, 6) is -0.143. The van der Waals surface area contributed by atoms with Crippen LogP contribution in [0.4, 0.5) is 5.69 Å². The second kappa shape index (κ2) is 6.88. The number of nitriles is 1. The van der Waals surface area contributed by atoms with Crippen LogP contribution in [-0.4, -0.2) is 29.1 Å². The van der Waals surface area contributed by atoms with Crippen LogP contribution in [0.2, 0.25) is 0 Å². The van der Waals surface area contributed by atoms with Crippen LogP contribution >= 0.6 is 0 Å². The average Bonchev–Trinajstić information content (AvgIpc) is 3.14. The van der Waals surface area contributed by atoms with E-state index in [4.69, 9.17) is 5.10 Å². The van der Waals surface area contributed by atoms with Gasteiger partial charge in [0.1, 0.15) is 11.3 Å². The van der Waals surface area contributed by atoms with Crippen molar-refractivity contribution < 1.29 is 4.79 Å². The first-order valence-electron chi connectivity index (χ1n) is 9.31. The van der Waals surface area contributed by atoms with Gasteiger partial charge in [-0.05, 0) is 37.0 Å². The fourth-order valence-electron chi connectivity index (χ4n) is 3.81. The molecule has 1 amide bonds. The van der Waals surface area contributed by atoms with Crippen LogP contribution in [-0.2, 0) is 4.79 Å². The molecule has 2 aromatic rings. The number of rotatable bonds is 4. The van der Waals surface area contributed by atoms with E-state index in [0.717, 1.165) is 30.5 Å². The lowest BCUT2D eigenvalue weighted by molar-refractivity contribution is -0.129. The number of hydrazone groups is 1.